The summed E-state index contributed by atoms with van der Waals surface area (Å²) in [5.41, 5.74) is 1.10. The average molecular weight is 230 g/mol. The van der Waals surface area contributed by atoms with E-state index in [0.29, 0.717) is 6.54 Å². The zero-order valence-electron chi connectivity index (χ0n) is 9.59. The third kappa shape index (κ3) is 1.48. The van der Waals surface area contributed by atoms with Crippen LogP contribution in [0.3, 0.4) is 0 Å². The number of amides is 2. The largest absolute Gasteiger partial charge is 0.298 e. The number of nitrogens with one attached hydrogen (secondary N) is 1. The molecule has 4 nitrogen and oxygen atoms in total. The Labute approximate surface area is 99.6 Å². The van der Waals surface area contributed by atoms with Crippen LogP contribution in [-0.2, 0) is 9.59 Å². The number of rotatable bonds is 1. The molecule has 0 unspecified atom stereocenters. The normalized spacial score (nSPS) is 32.6. The molecule has 0 saturated carbocycles. The van der Waals surface area contributed by atoms with Gasteiger partial charge in [0.1, 0.15) is 0 Å². The molecule has 0 aromatic heterocycles. The highest BCUT2D eigenvalue weighted by Gasteiger charge is 2.52. The van der Waals surface area contributed by atoms with Crippen molar-refractivity contribution in [2.45, 2.75) is 6.04 Å². The van der Waals surface area contributed by atoms with E-state index in [-0.39, 0.29) is 29.7 Å². The lowest BCUT2D eigenvalue weighted by Crippen LogP contribution is -2.31. The van der Waals surface area contributed by atoms with Crippen LogP contribution >= 0.6 is 0 Å². The summed E-state index contributed by atoms with van der Waals surface area (Å²) in [6.07, 6.45) is 0. The number of likely N-dealkylation sites (tertiary alicyclic amines) is 1. The van der Waals surface area contributed by atoms with Crippen LogP contribution < -0.4 is 5.32 Å². The fourth-order valence-corrected chi connectivity index (χ4v) is 3.01. The number of fused-ring (bicyclic) bond motifs is 1. The molecule has 2 aliphatic heterocycles. The molecule has 2 fully saturated rings. The Hall–Kier alpha value is -1.68. The second-order valence-electron chi connectivity index (χ2n) is 4.78. The molecule has 2 aliphatic rings. The van der Waals surface area contributed by atoms with Crippen molar-refractivity contribution in [2.75, 3.05) is 13.6 Å². The Morgan fingerprint density at radius 2 is 1.88 bits per heavy atom. The van der Waals surface area contributed by atoms with Gasteiger partial charge in [-0.1, -0.05) is 30.3 Å². The highest BCUT2D eigenvalue weighted by Crippen LogP contribution is 2.42. The number of carbonyl (C=O) groups is 2. The number of carbonyl (C=O) groups excluding carboxylic acids is 2. The fourth-order valence-electron chi connectivity index (χ4n) is 3.01. The summed E-state index contributed by atoms with van der Waals surface area (Å²) < 4.78 is 0. The van der Waals surface area contributed by atoms with Gasteiger partial charge in [-0.05, 0) is 12.6 Å². The van der Waals surface area contributed by atoms with E-state index in [1.54, 1.807) is 0 Å². The Balaban J connectivity index is 2.00. The van der Waals surface area contributed by atoms with Gasteiger partial charge in [-0.15, -0.1) is 0 Å². The predicted molar refractivity (Wildman–Crippen MR) is 61.9 cm³/mol. The number of hydrogen-bond donors (Lipinski definition) is 1. The smallest absolute Gasteiger partial charge is 0.232 e. The molecule has 17 heavy (non-hydrogen) atoms. The van der Waals surface area contributed by atoms with Gasteiger partial charge in [0.05, 0.1) is 11.8 Å². The quantitative estimate of drug-likeness (QED) is 0.717. The maximum atomic E-state index is 11.8. The van der Waals surface area contributed by atoms with Gasteiger partial charge in [0, 0.05) is 12.6 Å². The maximum absolute atomic E-state index is 11.8. The molecular formula is C13H14N2O2. The van der Waals surface area contributed by atoms with E-state index in [2.05, 4.69) is 10.2 Å². The van der Waals surface area contributed by atoms with Crippen LogP contribution in [0.4, 0.5) is 0 Å². The van der Waals surface area contributed by atoms with E-state index >= 15 is 0 Å². The number of benzene rings is 1. The van der Waals surface area contributed by atoms with Crippen molar-refractivity contribution in [2.24, 2.45) is 11.8 Å². The number of nitrogens with zero attached hydrogens (tertiary/aromatic N) is 1. The van der Waals surface area contributed by atoms with E-state index in [9.17, 15) is 9.59 Å². The van der Waals surface area contributed by atoms with Gasteiger partial charge in [-0.2, -0.15) is 0 Å². The summed E-state index contributed by atoms with van der Waals surface area (Å²) in [5, 5.41) is 2.43. The molecule has 0 aliphatic carbocycles. The highest BCUT2D eigenvalue weighted by molar-refractivity contribution is 6.06. The number of imide groups is 1. The summed E-state index contributed by atoms with van der Waals surface area (Å²) in [6.45, 7) is 0.655. The van der Waals surface area contributed by atoms with Crippen LogP contribution in [0.25, 0.3) is 0 Å². The van der Waals surface area contributed by atoms with Crippen molar-refractivity contribution in [3.63, 3.8) is 0 Å². The van der Waals surface area contributed by atoms with Crippen LogP contribution in [0.1, 0.15) is 11.6 Å². The molecule has 1 N–H and O–H groups in total. The second kappa shape index (κ2) is 3.67. The van der Waals surface area contributed by atoms with Crippen molar-refractivity contribution < 1.29 is 9.59 Å². The Morgan fingerprint density at radius 1 is 1.18 bits per heavy atom. The molecule has 1 aromatic carbocycles. The first-order chi connectivity index (χ1) is 8.18. The average Bonchev–Trinajstić information content (AvgIpc) is 2.79. The minimum Gasteiger partial charge on any atom is -0.298 e. The molecular weight excluding hydrogens is 216 g/mol. The summed E-state index contributed by atoms with van der Waals surface area (Å²) in [6, 6.07) is 9.93. The van der Waals surface area contributed by atoms with Gasteiger partial charge in [0.15, 0.2) is 0 Å². The lowest BCUT2D eigenvalue weighted by Gasteiger charge is -2.23. The molecule has 2 saturated heterocycles. The molecule has 88 valence electrons. The molecule has 0 bridgehead atoms. The summed E-state index contributed by atoms with van der Waals surface area (Å²) in [4.78, 5) is 25.6. The van der Waals surface area contributed by atoms with Crippen molar-refractivity contribution >= 4 is 11.8 Å². The van der Waals surface area contributed by atoms with Gasteiger partial charge in [-0.25, -0.2) is 0 Å². The Bertz CT molecular complexity index is 472. The van der Waals surface area contributed by atoms with Crippen molar-refractivity contribution in [3.05, 3.63) is 35.9 Å². The van der Waals surface area contributed by atoms with Crippen LogP contribution in [0, 0.1) is 11.8 Å². The molecule has 3 atom stereocenters. The first-order valence-electron chi connectivity index (χ1n) is 5.78. The summed E-state index contributed by atoms with van der Waals surface area (Å²) in [7, 11) is 1.97. The zero-order chi connectivity index (χ0) is 12.0. The zero-order valence-corrected chi connectivity index (χ0v) is 9.59. The number of hydrogen-bond acceptors (Lipinski definition) is 3. The van der Waals surface area contributed by atoms with E-state index in [4.69, 9.17) is 0 Å². The van der Waals surface area contributed by atoms with Gasteiger partial charge >= 0.3 is 0 Å². The predicted octanol–water partition coefficient (Wildman–Crippen LogP) is 0.562. The van der Waals surface area contributed by atoms with E-state index in [1.165, 1.54) is 0 Å². The van der Waals surface area contributed by atoms with E-state index < -0.39 is 0 Å². The SMILES string of the molecule is CN1C[C@H]2C(=O)NC(=O)[C@H]2[C@@H]1c1ccccc1. The van der Waals surface area contributed by atoms with Crippen LogP contribution in [0.2, 0.25) is 0 Å². The van der Waals surface area contributed by atoms with Crippen molar-refractivity contribution in [1.82, 2.24) is 10.2 Å². The van der Waals surface area contributed by atoms with E-state index in [1.807, 2.05) is 37.4 Å². The van der Waals surface area contributed by atoms with Crippen LogP contribution in [0.5, 0.6) is 0 Å². The minimum absolute atomic E-state index is 0.0210. The second-order valence-corrected chi connectivity index (χ2v) is 4.78. The van der Waals surface area contributed by atoms with Gasteiger partial charge in [0.2, 0.25) is 11.8 Å². The van der Waals surface area contributed by atoms with E-state index in [0.717, 1.165) is 5.56 Å². The lowest BCUT2D eigenvalue weighted by molar-refractivity contribution is -0.127. The summed E-state index contributed by atoms with van der Waals surface area (Å²) in [5.74, 6) is -0.656. The maximum Gasteiger partial charge on any atom is 0.232 e. The monoisotopic (exact) mass is 230 g/mol. The molecule has 1 aromatic rings. The standard InChI is InChI=1S/C13H14N2O2/c1-15-7-9-10(13(17)14-12(9)16)11(15)8-5-3-2-4-6-8/h2-6,9-11H,7H2,1H3,(H,14,16,17)/t9-,10-,11+/m1/s1. The van der Waals surface area contributed by atoms with Gasteiger partial charge in [0.25, 0.3) is 0 Å². The third-order valence-corrected chi connectivity index (χ3v) is 3.76. The van der Waals surface area contributed by atoms with Crippen molar-refractivity contribution in [1.29, 1.82) is 0 Å². The molecule has 2 amide bonds. The summed E-state index contributed by atoms with van der Waals surface area (Å²) >= 11 is 0. The lowest BCUT2D eigenvalue weighted by atomic mass is 9.89. The van der Waals surface area contributed by atoms with Crippen molar-refractivity contribution in [3.8, 4) is 0 Å². The van der Waals surface area contributed by atoms with Gasteiger partial charge in [-0.3, -0.25) is 19.8 Å². The Morgan fingerprint density at radius 3 is 2.59 bits per heavy atom. The minimum atomic E-state index is -0.227. The fraction of sp³-hybridized carbons (Fsp3) is 0.385. The highest BCUT2D eigenvalue weighted by atomic mass is 16.2. The molecule has 4 heteroatoms. The van der Waals surface area contributed by atoms with Gasteiger partial charge < -0.3 is 0 Å². The molecule has 0 radical (unpaired) electrons. The molecule has 2 heterocycles. The Kier molecular flexibility index (Phi) is 2.26. The molecule has 3 rings (SSSR count). The molecule has 0 spiro atoms. The third-order valence-electron chi connectivity index (χ3n) is 3.76. The first-order valence-corrected chi connectivity index (χ1v) is 5.78. The topological polar surface area (TPSA) is 49.4 Å². The van der Waals surface area contributed by atoms with Crippen LogP contribution in [-0.4, -0.2) is 30.3 Å². The first kappa shape index (κ1) is 10.5. The van der Waals surface area contributed by atoms with Crippen LogP contribution in [0.15, 0.2) is 30.3 Å².